The fourth-order valence-electron chi connectivity index (χ4n) is 2.74. The van der Waals surface area contributed by atoms with Gasteiger partial charge >= 0.3 is 17.1 Å². The summed E-state index contributed by atoms with van der Waals surface area (Å²) in [7, 11) is 0. The van der Waals surface area contributed by atoms with Crippen LogP contribution in [0.3, 0.4) is 0 Å². The summed E-state index contributed by atoms with van der Waals surface area (Å²) in [5, 5.41) is 21.0. The largest absolute Gasteiger partial charge is 2.00 e. The zero-order valence-corrected chi connectivity index (χ0v) is 15.6. The molecule has 149 valence electrons. The molecule has 9 heteroatoms. The first-order chi connectivity index (χ1) is 13.4. The Kier molecular flexibility index (Phi) is 6.93. The van der Waals surface area contributed by atoms with Crippen LogP contribution in [-0.4, -0.2) is 34.9 Å². The van der Waals surface area contributed by atoms with E-state index in [2.05, 4.69) is 9.98 Å². The normalized spacial score (nSPS) is 14.1. The minimum atomic E-state index is -1.51. The Balaban J connectivity index is 0.000000200. The maximum absolute atomic E-state index is 11.2. The van der Waals surface area contributed by atoms with Crippen molar-refractivity contribution in [3.8, 4) is 0 Å². The molecular formula is C20H12CuN2O6. The molecule has 2 aromatic rings. The molecule has 0 saturated carbocycles. The molecular weight excluding hydrogens is 428 g/mol. The zero-order chi connectivity index (χ0) is 20.3. The Morgan fingerprint density at radius 3 is 1.38 bits per heavy atom. The van der Waals surface area contributed by atoms with Gasteiger partial charge in [0, 0.05) is 12.8 Å². The summed E-state index contributed by atoms with van der Waals surface area (Å²) in [4.78, 5) is 51.0. The molecule has 0 N–H and O–H groups in total. The van der Waals surface area contributed by atoms with E-state index in [4.69, 9.17) is 0 Å². The number of para-hydroxylation sites is 2. The zero-order valence-electron chi connectivity index (χ0n) is 14.7. The Labute approximate surface area is 175 Å². The Bertz CT molecular complexity index is 989. The molecule has 0 fully saturated rings. The summed E-state index contributed by atoms with van der Waals surface area (Å²) in [5.41, 5.74) is 1.61. The van der Waals surface area contributed by atoms with Crippen molar-refractivity contribution in [1.29, 1.82) is 0 Å². The van der Waals surface area contributed by atoms with Crippen molar-refractivity contribution < 1.29 is 46.5 Å². The second-order valence-corrected chi connectivity index (χ2v) is 5.95. The van der Waals surface area contributed by atoms with Gasteiger partial charge in [0.05, 0.1) is 23.3 Å². The average Bonchev–Trinajstić information content (AvgIpc) is 2.67. The smallest absolute Gasteiger partial charge is 0.543 e. The molecule has 0 amide bonds. The molecule has 0 aromatic heterocycles. The van der Waals surface area contributed by atoms with Crippen LogP contribution in [0.4, 0.5) is 11.4 Å². The number of carboxylic acid groups (broad SMARTS) is 2. The van der Waals surface area contributed by atoms with E-state index in [0.717, 1.165) is 11.1 Å². The van der Waals surface area contributed by atoms with E-state index in [0.29, 0.717) is 11.4 Å². The molecule has 0 saturated heterocycles. The standard InChI is InChI=1S/2C10H7NO3.Cu/c2*12-8-5-6-3-1-2-4-7(6)11-9(8)10(13)14;/h2*1-4H,5H2,(H,13,14);/q;;+2/p-2. The van der Waals surface area contributed by atoms with Gasteiger partial charge in [-0.3, -0.25) is 9.59 Å². The second kappa shape index (κ2) is 9.18. The van der Waals surface area contributed by atoms with E-state index in [1.807, 2.05) is 0 Å². The minimum Gasteiger partial charge on any atom is -0.543 e. The number of fused-ring (bicyclic) bond motifs is 2. The van der Waals surface area contributed by atoms with Gasteiger partial charge < -0.3 is 19.8 Å². The number of Topliss-reactive ketones (excluding diaryl/α,β-unsaturated/α-hetero) is 2. The summed E-state index contributed by atoms with van der Waals surface area (Å²) in [6.07, 6.45) is 0.173. The summed E-state index contributed by atoms with van der Waals surface area (Å²) in [6, 6.07) is 13.9. The summed E-state index contributed by atoms with van der Waals surface area (Å²) in [5.74, 6) is -4.01. The van der Waals surface area contributed by atoms with Crippen LogP contribution >= 0.6 is 0 Å². The molecule has 0 atom stereocenters. The molecule has 0 spiro atoms. The predicted molar refractivity (Wildman–Crippen MR) is 94.5 cm³/mol. The number of hydrogen-bond acceptors (Lipinski definition) is 8. The average molecular weight is 440 g/mol. The van der Waals surface area contributed by atoms with Gasteiger partial charge in [-0.1, -0.05) is 36.4 Å². The molecule has 0 bridgehead atoms. The van der Waals surface area contributed by atoms with Crippen LogP contribution in [-0.2, 0) is 49.1 Å². The molecule has 2 heterocycles. The fourth-order valence-corrected chi connectivity index (χ4v) is 2.74. The number of aliphatic carboxylic acids is 2. The van der Waals surface area contributed by atoms with E-state index >= 15 is 0 Å². The predicted octanol–water partition coefficient (Wildman–Crippen LogP) is -0.734. The monoisotopic (exact) mass is 439 g/mol. The van der Waals surface area contributed by atoms with Gasteiger partial charge in [-0.15, -0.1) is 0 Å². The Morgan fingerprint density at radius 2 is 1.03 bits per heavy atom. The van der Waals surface area contributed by atoms with Crippen molar-refractivity contribution >= 4 is 46.3 Å². The van der Waals surface area contributed by atoms with Crippen LogP contribution in [0.15, 0.2) is 58.5 Å². The SMILES string of the molecule is O=C([O-])C1=Nc2ccccc2CC1=O.O=C([O-])C1=Nc2ccccc2CC1=O.[Cu+2]. The number of benzene rings is 2. The number of carbonyl (C=O) groups excluding carboxylic acids is 4. The number of carbonyl (C=O) groups is 4. The van der Waals surface area contributed by atoms with Crippen LogP contribution in [0.5, 0.6) is 0 Å². The van der Waals surface area contributed by atoms with Crippen LogP contribution in [0.1, 0.15) is 11.1 Å². The van der Waals surface area contributed by atoms with E-state index in [-0.39, 0.29) is 29.9 Å². The van der Waals surface area contributed by atoms with Crippen LogP contribution in [0, 0.1) is 0 Å². The Morgan fingerprint density at radius 1 is 0.690 bits per heavy atom. The van der Waals surface area contributed by atoms with Gasteiger partial charge in [0.15, 0.2) is 11.6 Å². The number of hydrogen-bond donors (Lipinski definition) is 0. The quantitative estimate of drug-likeness (QED) is 0.565. The molecule has 2 aromatic carbocycles. The van der Waals surface area contributed by atoms with Crippen molar-refractivity contribution in [2.75, 3.05) is 0 Å². The molecule has 0 unspecified atom stereocenters. The third kappa shape index (κ3) is 4.90. The van der Waals surface area contributed by atoms with E-state index in [1.54, 1.807) is 48.5 Å². The van der Waals surface area contributed by atoms with Crippen LogP contribution < -0.4 is 10.2 Å². The van der Waals surface area contributed by atoms with E-state index < -0.39 is 34.9 Å². The third-order valence-electron chi connectivity index (χ3n) is 4.06. The fraction of sp³-hybridized carbons (Fsp3) is 0.100. The number of aliphatic imine (C=N–C) groups is 2. The molecule has 2 aliphatic rings. The van der Waals surface area contributed by atoms with Crippen LogP contribution in [0.25, 0.3) is 0 Å². The number of nitrogens with zero attached hydrogens (tertiary/aromatic N) is 2. The van der Waals surface area contributed by atoms with Gasteiger partial charge in [0.2, 0.25) is 0 Å². The third-order valence-corrected chi connectivity index (χ3v) is 4.06. The van der Waals surface area contributed by atoms with Crippen molar-refractivity contribution in [2.45, 2.75) is 12.8 Å². The van der Waals surface area contributed by atoms with Crippen molar-refractivity contribution in [1.82, 2.24) is 0 Å². The first-order valence-corrected chi connectivity index (χ1v) is 8.19. The van der Waals surface area contributed by atoms with Crippen LogP contribution in [0.2, 0.25) is 0 Å². The van der Waals surface area contributed by atoms with Crippen molar-refractivity contribution in [3.05, 3.63) is 59.7 Å². The molecule has 4 rings (SSSR count). The molecule has 1 radical (unpaired) electrons. The summed E-state index contributed by atoms with van der Waals surface area (Å²) in [6.45, 7) is 0. The second-order valence-electron chi connectivity index (χ2n) is 5.95. The van der Waals surface area contributed by atoms with Gasteiger partial charge in [-0.2, -0.15) is 0 Å². The number of rotatable bonds is 2. The molecule has 8 nitrogen and oxygen atoms in total. The van der Waals surface area contributed by atoms with E-state index in [1.165, 1.54) is 0 Å². The first-order valence-electron chi connectivity index (χ1n) is 8.19. The maximum Gasteiger partial charge on any atom is 2.00 e. The van der Waals surface area contributed by atoms with Gasteiger partial charge in [0.1, 0.15) is 11.4 Å². The van der Waals surface area contributed by atoms with Gasteiger partial charge in [0.25, 0.3) is 0 Å². The summed E-state index contributed by atoms with van der Waals surface area (Å²) < 4.78 is 0. The van der Waals surface area contributed by atoms with E-state index in [9.17, 15) is 29.4 Å². The number of ketones is 2. The van der Waals surface area contributed by atoms with Gasteiger partial charge in [-0.05, 0) is 23.3 Å². The van der Waals surface area contributed by atoms with Gasteiger partial charge in [-0.25, -0.2) is 9.98 Å². The molecule has 2 aliphatic heterocycles. The maximum atomic E-state index is 11.2. The van der Waals surface area contributed by atoms with Crippen molar-refractivity contribution in [2.24, 2.45) is 9.98 Å². The molecule has 0 aliphatic carbocycles. The molecule has 29 heavy (non-hydrogen) atoms. The van der Waals surface area contributed by atoms with Crippen molar-refractivity contribution in [3.63, 3.8) is 0 Å². The Hall–Kier alpha value is -3.42. The number of carboxylic acids is 2. The minimum absolute atomic E-state index is 0. The first kappa shape index (κ1) is 21.9. The topological polar surface area (TPSA) is 139 Å². The summed E-state index contributed by atoms with van der Waals surface area (Å²) >= 11 is 0.